The number of hydrogen-bond acceptors (Lipinski definition) is 4. The molecule has 0 saturated heterocycles. The van der Waals surface area contributed by atoms with Crippen molar-refractivity contribution >= 4 is 45.1 Å². The molecule has 4 nitrogen and oxygen atoms in total. The fourth-order valence-corrected chi connectivity index (χ4v) is 2.04. The maximum Gasteiger partial charge on any atom is 0.228 e. The van der Waals surface area contributed by atoms with Crippen molar-refractivity contribution in [3.05, 3.63) is 44.9 Å². The summed E-state index contributed by atoms with van der Waals surface area (Å²) in [6.07, 6.45) is 0. The van der Waals surface area contributed by atoms with E-state index in [-0.39, 0.29) is 10.6 Å². The van der Waals surface area contributed by atoms with E-state index in [2.05, 4.69) is 36.2 Å². The second-order valence-corrected chi connectivity index (χ2v) is 4.77. The largest absolute Gasteiger partial charge is 0.350 e. The second-order valence-electron chi connectivity index (χ2n) is 3.18. The third-order valence-corrected chi connectivity index (χ3v) is 2.75. The molecule has 0 atom stereocenters. The first kappa shape index (κ1) is 12.5. The molecule has 0 bridgehead atoms. The minimum absolute atomic E-state index is 0.0711. The molecular formula is C10H7BrCl2N4. The highest BCUT2D eigenvalue weighted by Gasteiger charge is 2.02. The zero-order chi connectivity index (χ0) is 12.3. The molecule has 0 aliphatic carbocycles. The average Bonchev–Trinajstić information content (AvgIpc) is 2.25. The van der Waals surface area contributed by atoms with Crippen LogP contribution in [0.3, 0.4) is 0 Å². The summed E-state index contributed by atoms with van der Waals surface area (Å²) < 4.78 is 1.02. The van der Waals surface area contributed by atoms with Crippen LogP contribution < -0.4 is 5.32 Å². The maximum absolute atomic E-state index is 5.66. The molecule has 2 rings (SSSR count). The maximum atomic E-state index is 5.66. The third-order valence-electron chi connectivity index (χ3n) is 1.92. The van der Waals surface area contributed by atoms with Gasteiger partial charge in [-0.3, -0.25) is 0 Å². The zero-order valence-corrected chi connectivity index (χ0v) is 11.6. The third kappa shape index (κ3) is 3.80. The lowest BCUT2D eigenvalue weighted by Gasteiger charge is -2.05. The molecule has 88 valence electrons. The van der Waals surface area contributed by atoms with E-state index in [0.717, 1.165) is 10.0 Å². The molecular weight excluding hydrogens is 327 g/mol. The minimum atomic E-state index is 0.0711. The van der Waals surface area contributed by atoms with E-state index in [1.54, 1.807) is 0 Å². The smallest absolute Gasteiger partial charge is 0.228 e. The molecule has 17 heavy (non-hydrogen) atoms. The van der Waals surface area contributed by atoms with Gasteiger partial charge in [-0.05, 0) is 40.9 Å². The fourth-order valence-electron chi connectivity index (χ4n) is 1.23. The number of rotatable bonds is 3. The number of nitrogens with one attached hydrogen (secondary N) is 1. The Bertz CT molecular complexity index is 515. The topological polar surface area (TPSA) is 50.7 Å². The summed E-state index contributed by atoms with van der Waals surface area (Å²) in [6.45, 7) is 0.579. The number of hydrogen-bond donors (Lipinski definition) is 1. The van der Waals surface area contributed by atoms with Crippen LogP contribution in [0.25, 0.3) is 0 Å². The van der Waals surface area contributed by atoms with Crippen LogP contribution in [0.15, 0.2) is 28.7 Å². The van der Waals surface area contributed by atoms with Crippen molar-refractivity contribution in [1.82, 2.24) is 15.0 Å². The van der Waals surface area contributed by atoms with Crippen molar-refractivity contribution in [1.29, 1.82) is 0 Å². The van der Waals surface area contributed by atoms with Gasteiger partial charge in [0.15, 0.2) is 0 Å². The molecule has 1 N–H and O–H groups in total. The summed E-state index contributed by atoms with van der Waals surface area (Å²) in [5, 5.41) is 3.16. The highest BCUT2D eigenvalue weighted by molar-refractivity contribution is 9.10. The standard InChI is InChI=1S/C10H7BrCl2N4/c11-7-3-1-2-6(4-7)5-14-10-16-8(12)15-9(13)17-10/h1-4H,5H2,(H,14,15,16,17). The van der Waals surface area contributed by atoms with Crippen LogP contribution in [-0.2, 0) is 6.54 Å². The molecule has 7 heteroatoms. The van der Waals surface area contributed by atoms with Gasteiger partial charge in [0.1, 0.15) is 0 Å². The fraction of sp³-hybridized carbons (Fsp3) is 0.100. The van der Waals surface area contributed by atoms with Gasteiger partial charge in [0.2, 0.25) is 16.5 Å². The van der Waals surface area contributed by atoms with E-state index in [1.165, 1.54) is 0 Å². The van der Waals surface area contributed by atoms with Gasteiger partial charge in [-0.15, -0.1) is 0 Å². The van der Waals surface area contributed by atoms with Gasteiger partial charge in [0.25, 0.3) is 0 Å². The highest BCUT2D eigenvalue weighted by Crippen LogP contribution is 2.14. The van der Waals surface area contributed by atoms with Crippen molar-refractivity contribution in [2.75, 3.05) is 5.32 Å². The number of halogens is 3. The van der Waals surface area contributed by atoms with Gasteiger partial charge in [0.05, 0.1) is 0 Å². The molecule has 1 heterocycles. The molecule has 0 aliphatic heterocycles. The lowest BCUT2D eigenvalue weighted by Crippen LogP contribution is -2.04. The van der Waals surface area contributed by atoms with E-state index >= 15 is 0 Å². The van der Waals surface area contributed by atoms with Crippen LogP contribution in [0.2, 0.25) is 10.6 Å². The molecule has 0 saturated carbocycles. The summed E-state index contributed by atoms with van der Waals surface area (Å²) in [5.74, 6) is 0.356. The van der Waals surface area contributed by atoms with Gasteiger partial charge in [-0.25, -0.2) is 0 Å². The van der Waals surface area contributed by atoms with E-state index < -0.39 is 0 Å². The number of nitrogens with zero attached hydrogens (tertiary/aromatic N) is 3. The molecule has 0 radical (unpaired) electrons. The molecule has 0 unspecified atom stereocenters. The van der Waals surface area contributed by atoms with Crippen molar-refractivity contribution in [2.24, 2.45) is 0 Å². The molecule has 1 aromatic heterocycles. The van der Waals surface area contributed by atoms with Crippen LogP contribution in [-0.4, -0.2) is 15.0 Å². The molecule has 0 spiro atoms. The molecule has 1 aromatic carbocycles. The van der Waals surface area contributed by atoms with Crippen LogP contribution >= 0.6 is 39.1 Å². The lowest BCUT2D eigenvalue weighted by atomic mass is 10.2. The monoisotopic (exact) mass is 332 g/mol. The minimum Gasteiger partial charge on any atom is -0.350 e. The predicted molar refractivity (Wildman–Crippen MR) is 71.3 cm³/mol. The quantitative estimate of drug-likeness (QED) is 0.933. The predicted octanol–water partition coefficient (Wildman–Crippen LogP) is 3.55. The summed E-state index contributed by atoms with van der Waals surface area (Å²) in [5.41, 5.74) is 1.09. The van der Waals surface area contributed by atoms with Crippen LogP contribution in [0.5, 0.6) is 0 Å². The van der Waals surface area contributed by atoms with Gasteiger partial charge < -0.3 is 5.32 Å². The van der Waals surface area contributed by atoms with Gasteiger partial charge in [0, 0.05) is 11.0 Å². The van der Waals surface area contributed by atoms with Crippen molar-refractivity contribution in [2.45, 2.75) is 6.54 Å². The van der Waals surface area contributed by atoms with Gasteiger partial charge in [-0.1, -0.05) is 28.1 Å². The van der Waals surface area contributed by atoms with Gasteiger partial charge in [-0.2, -0.15) is 15.0 Å². The van der Waals surface area contributed by atoms with Crippen molar-refractivity contribution in [3.8, 4) is 0 Å². The SMILES string of the molecule is Clc1nc(Cl)nc(NCc2cccc(Br)c2)n1. The van der Waals surface area contributed by atoms with Crippen LogP contribution in [0, 0.1) is 0 Å². The number of benzene rings is 1. The Balaban J connectivity index is 2.07. The number of anilines is 1. The first-order chi connectivity index (χ1) is 8.13. The van der Waals surface area contributed by atoms with E-state index in [1.807, 2.05) is 24.3 Å². The van der Waals surface area contributed by atoms with E-state index in [0.29, 0.717) is 12.5 Å². The molecule has 0 aliphatic rings. The average molecular weight is 334 g/mol. The Kier molecular flexibility index (Phi) is 4.15. The Hall–Kier alpha value is -0.910. The Morgan fingerprint density at radius 1 is 1.12 bits per heavy atom. The van der Waals surface area contributed by atoms with E-state index in [9.17, 15) is 0 Å². The molecule has 2 aromatic rings. The molecule has 0 amide bonds. The summed E-state index contributed by atoms with van der Waals surface area (Å²) >= 11 is 14.7. The van der Waals surface area contributed by atoms with Crippen molar-refractivity contribution < 1.29 is 0 Å². The summed E-state index contributed by atoms with van der Waals surface area (Å²) in [7, 11) is 0. The van der Waals surface area contributed by atoms with Crippen LogP contribution in [0.1, 0.15) is 5.56 Å². The summed E-state index contributed by atoms with van der Waals surface area (Å²) in [6, 6.07) is 7.90. The lowest BCUT2D eigenvalue weighted by molar-refractivity contribution is 1.00. The first-order valence-electron chi connectivity index (χ1n) is 4.69. The number of aromatic nitrogens is 3. The Morgan fingerprint density at radius 2 is 1.82 bits per heavy atom. The highest BCUT2D eigenvalue weighted by atomic mass is 79.9. The normalized spacial score (nSPS) is 10.3. The Morgan fingerprint density at radius 3 is 2.47 bits per heavy atom. The second kappa shape index (κ2) is 5.62. The molecule has 0 fully saturated rings. The first-order valence-corrected chi connectivity index (χ1v) is 6.24. The van der Waals surface area contributed by atoms with Gasteiger partial charge >= 0.3 is 0 Å². The Labute approximate surface area is 117 Å². The zero-order valence-electron chi connectivity index (χ0n) is 8.49. The van der Waals surface area contributed by atoms with Crippen LogP contribution in [0.4, 0.5) is 5.95 Å². The van der Waals surface area contributed by atoms with E-state index in [4.69, 9.17) is 23.2 Å². The van der Waals surface area contributed by atoms with Crippen molar-refractivity contribution in [3.63, 3.8) is 0 Å². The summed E-state index contributed by atoms with van der Waals surface area (Å²) in [4.78, 5) is 11.5.